The first-order valence-electron chi connectivity index (χ1n) is 7.01. The third kappa shape index (κ3) is 4.35. The molecule has 2 atom stereocenters. The van der Waals surface area contributed by atoms with Gasteiger partial charge in [0.15, 0.2) is 0 Å². The summed E-state index contributed by atoms with van der Waals surface area (Å²) in [5.41, 5.74) is -1.20. The molecule has 0 fully saturated rings. The van der Waals surface area contributed by atoms with Crippen LogP contribution in [0.2, 0.25) is 0 Å². The molecule has 1 amide bonds. The number of hydrogen-bond acceptors (Lipinski definition) is 4. The Kier molecular flexibility index (Phi) is 5.77. The molecule has 0 aliphatic rings. The van der Waals surface area contributed by atoms with Crippen molar-refractivity contribution >= 4 is 5.91 Å². The number of hydrogen-bond donors (Lipinski definition) is 2. The van der Waals surface area contributed by atoms with Gasteiger partial charge in [-0.15, -0.1) is 0 Å². The normalized spacial score (nSPS) is 15.9. The summed E-state index contributed by atoms with van der Waals surface area (Å²) in [7, 11) is 3.77. The smallest absolute Gasteiger partial charge is 0.237 e. The number of carbonyl (C=O) groups is 1. The van der Waals surface area contributed by atoms with Crippen LogP contribution in [0.3, 0.4) is 0 Å². The van der Waals surface area contributed by atoms with E-state index in [0.29, 0.717) is 5.76 Å². The minimum absolute atomic E-state index is 0.0691. The van der Waals surface area contributed by atoms with Crippen molar-refractivity contribution in [3.05, 3.63) is 23.7 Å². The van der Waals surface area contributed by atoms with Gasteiger partial charge < -0.3 is 14.8 Å². The molecular weight excluding hydrogens is 256 g/mol. The number of nitrogens with zero attached hydrogens (tertiary/aromatic N) is 1. The van der Waals surface area contributed by atoms with Gasteiger partial charge in [-0.25, -0.2) is 0 Å². The van der Waals surface area contributed by atoms with Crippen molar-refractivity contribution < 1.29 is 14.3 Å². The van der Waals surface area contributed by atoms with E-state index in [2.05, 4.69) is 5.32 Å². The van der Waals surface area contributed by atoms with Crippen LogP contribution in [0.25, 0.3) is 0 Å². The molecule has 2 N–H and O–H groups in total. The van der Waals surface area contributed by atoms with E-state index in [9.17, 15) is 9.90 Å². The summed E-state index contributed by atoms with van der Waals surface area (Å²) in [6.07, 6.45) is 1.73. The second-order valence-electron chi connectivity index (χ2n) is 5.67. The molecular formula is C15H26N2O3. The molecule has 0 aliphatic heterocycles. The second kappa shape index (κ2) is 6.90. The van der Waals surface area contributed by atoms with E-state index < -0.39 is 5.60 Å². The van der Waals surface area contributed by atoms with E-state index in [1.165, 1.54) is 0 Å². The number of amides is 1. The lowest BCUT2D eigenvalue weighted by Gasteiger charge is -2.26. The van der Waals surface area contributed by atoms with Crippen LogP contribution in [-0.4, -0.2) is 42.6 Å². The van der Waals surface area contributed by atoms with Gasteiger partial charge in [0.1, 0.15) is 17.1 Å². The molecule has 0 spiro atoms. The lowest BCUT2D eigenvalue weighted by molar-refractivity contribution is -0.127. The summed E-state index contributed by atoms with van der Waals surface area (Å²) in [5.74, 6) is 1.14. The van der Waals surface area contributed by atoms with Gasteiger partial charge in [0.2, 0.25) is 5.91 Å². The molecule has 2 unspecified atom stereocenters. The Morgan fingerprint density at radius 3 is 2.60 bits per heavy atom. The number of rotatable bonds is 7. The molecule has 1 rings (SSSR count). The third-order valence-corrected chi connectivity index (χ3v) is 3.37. The molecule has 0 saturated carbocycles. The summed E-state index contributed by atoms with van der Waals surface area (Å²) in [6.45, 7) is 5.63. The van der Waals surface area contributed by atoms with Crippen molar-refractivity contribution in [3.63, 3.8) is 0 Å². The van der Waals surface area contributed by atoms with Crippen molar-refractivity contribution in [1.82, 2.24) is 10.2 Å². The number of likely N-dealkylation sites (N-methyl/N-ethyl adjacent to an activating group) is 1. The first-order chi connectivity index (χ1) is 9.27. The summed E-state index contributed by atoms with van der Waals surface area (Å²) in [6, 6.07) is 3.36. The zero-order valence-electron chi connectivity index (χ0n) is 13.1. The Morgan fingerprint density at radius 1 is 1.50 bits per heavy atom. The Morgan fingerprint density at radius 2 is 2.15 bits per heavy atom. The lowest BCUT2D eigenvalue weighted by atomic mass is 10.0. The first kappa shape index (κ1) is 16.7. The van der Waals surface area contributed by atoms with Crippen LogP contribution in [0.5, 0.6) is 0 Å². The van der Waals surface area contributed by atoms with Crippen LogP contribution in [0.15, 0.2) is 16.5 Å². The molecule has 5 nitrogen and oxygen atoms in total. The van der Waals surface area contributed by atoms with Crippen LogP contribution in [0.1, 0.15) is 38.2 Å². The van der Waals surface area contributed by atoms with Crippen LogP contribution in [-0.2, 0) is 10.4 Å². The Balaban J connectivity index is 2.63. The van der Waals surface area contributed by atoms with E-state index in [1.54, 1.807) is 19.1 Å². The van der Waals surface area contributed by atoms with E-state index in [4.69, 9.17) is 4.42 Å². The minimum atomic E-state index is -1.20. The van der Waals surface area contributed by atoms with E-state index in [1.807, 2.05) is 32.8 Å². The number of aliphatic hydroxyl groups is 1. The zero-order chi connectivity index (χ0) is 15.3. The van der Waals surface area contributed by atoms with Gasteiger partial charge >= 0.3 is 0 Å². The van der Waals surface area contributed by atoms with Crippen molar-refractivity contribution in [2.24, 2.45) is 0 Å². The maximum atomic E-state index is 12.2. The van der Waals surface area contributed by atoms with Gasteiger partial charge in [0.25, 0.3) is 0 Å². The van der Waals surface area contributed by atoms with Crippen molar-refractivity contribution in [2.75, 3.05) is 20.6 Å². The van der Waals surface area contributed by atoms with E-state index >= 15 is 0 Å². The monoisotopic (exact) mass is 282 g/mol. The molecule has 0 bridgehead atoms. The maximum absolute atomic E-state index is 12.2. The van der Waals surface area contributed by atoms with Gasteiger partial charge in [-0.2, -0.15) is 0 Å². The van der Waals surface area contributed by atoms with Gasteiger partial charge in [-0.3, -0.25) is 9.69 Å². The molecule has 1 heterocycles. The predicted octanol–water partition coefficient (Wildman–Crippen LogP) is 1.64. The quantitative estimate of drug-likeness (QED) is 0.798. The summed E-state index contributed by atoms with van der Waals surface area (Å²) >= 11 is 0. The summed E-state index contributed by atoms with van der Waals surface area (Å²) in [5, 5.41) is 13.2. The SMILES string of the molecule is CCCC(C(=O)NCC(C)(O)c1ccc(C)o1)N(C)C. The van der Waals surface area contributed by atoms with Gasteiger partial charge in [-0.1, -0.05) is 13.3 Å². The fourth-order valence-corrected chi connectivity index (χ4v) is 2.09. The highest BCUT2D eigenvalue weighted by atomic mass is 16.4. The van der Waals surface area contributed by atoms with Crippen LogP contribution >= 0.6 is 0 Å². The van der Waals surface area contributed by atoms with Gasteiger partial charge in [-0.05, 0) is 46.5 Å². The van der Waals surface area contributed by atoms with Crippen molar-refractivity contribution in [1.29, 1.82) is 0 Å². The fourth-order valence-electron chi connectivity index (χ4n) is 2.09. The topological polar surface area (TPSA) is 65.7 Å². The molecule has 20 heavy (non-hydrogen) atoms. The van der Waals surface area contributed by atoms with Crippen molar-refractivity contribution in [3.8, 4) is 0 Å². The molecule has 5 heteroatoms. The van der Waals surface area contributed by atoms with E-state index in [-0.39, 0.29) is 18.5 Å². The lowest BCUT2D eigenvalue weighted by Crippen LogP contribution is -2.47. The summed E-state index contributed by atoms with van der Waals surface area (Å²) < 4.78 is 5.42. The number of nitrogens with one attached hydrogen (secondary N) is 1. The predicted molar refractivity (Wildman–Crippen MR) is 78.4 cm³/mol. The number of aryl methyl sites for hydroxylation is 1. The maximum Gasteiger partial charge on any atom is 0.237 e. The van der Waals surface area contributed by atoms with Gasteiger partial charge in [0.05, 0.1) is 12.6 Å². The Labute approximate surface area is 121 Å². The summed E-state index contributed by atoms with van der Waals surface area (Å²) in [4.78, 5) is 14.1. The number of carbonyl (C=O) groups excluding carboxylic acids is 1. The van der Waals surface area contributed by atoms with Crippen LogP contribution in [0, 0.1) is 6.92 Å². The van der Waals surface area contributed by atoms with Crippen LogP contribution in [0.4, 0.5) is 0 Å². The van der Waals surface area contributed by atoms with E-state index in [0.717, 1.165) is 18.6 Å². The molecule has 0 aliphatic carbocycles. The molecule has 0 saturated heterocycles. The first-order valence-corrected chi connectivity index (χ1v) is 7.01. The highest BCUT2D eigenvalue weighted by molar-refractivity contribution is 5.81. The third-order valence-electron chi connectivity index (χ3n) is 3.37. The highest BCUT2D eigenvalue weighted by Crippen LogP contribution is 2.22. The molecule has 0 radical (unpaired) electrons. The van der Waals surface area contributed by atoms with Crippen LogP contribution < -0.4 is 5.32 Å². The standard InChI is InChI=1S/C15H26N2O3/c1-6-7-12(17(4)5)14(18)16-10-15(3,19)13-9-8-11(2)20-13/h8-9,12,19H,6-7,10H2,1-5H3,(H,16,18). The average Bonchev–Trinajstić information content (AvgIpc) is 2.80. The zero-order valence-corrected chi connectivity index (χ0v) is 13.1. The van der Waals surface area contributed by atoms with Crippen molar-refractivity contribution in [2.45, 2.75) is 45.3 Å². The molecule has 1 aromatic rings. The molecule has 1 aromatic heterocycles. The minimum Gasteiger partial charge on any atom is -0.463 e. The average molecular weight is 282 g/mol. The largest absolute Gasteiger partial charge is 0.463 e. The Hall–Kier alpha value is -1.33. The second-order valence-corrected chi connectivity index (χ2v) is 5.67. The fraction of sp³-hybridized carbons (Fsp3) is 0.667. The Bertz CT molecular complexity index is 438. The molecule has 114 valence electrons. The molecule has 0 aromatic carbocycles. The number of furan rings is 1. The van der Waals surface area contributed by atoms with Gasteiger partial charge in [0, 0.05) is 0 Å². The highest BCUT2D eigenvalue weighted by Gasteiger charge is 2.29.